The average Bonchev–Trinajstić information content (AvgIpc) is 2.80. The summed E-state index contributed by atoms with van der Waals surface area (Å²) < 4.78 is 1.55. The Morgan fingerprint density at radius 3 is 3.11 bits per heavy atom. The van der Waals surface area contributed by atoms with Gasteiger partial charge in [-0.25, -0.2) is 4.68 Å². The molecule has 1 aromatic heterocycles. The molecule has 1 saturated heterocycles. The van der Waals surface area contributed by atoms with E-state index in [9.17, 15) is 4.79 Å². The van der Waals surface area contributed by atoms with Gasteiger partial charge in [-0.15, -0.1) is 5.10 Å². The zero-order chi connectivity index (χ0) is 12.4. The molecule has 1 saturated carbocycles. The molecule has 0 aromatic carbocycles. The first-order chi connectivity index (χ1) is 8.76. The Morgan fingerprint density at radius 1 is 1.56 bits per heavy atom. The predicted molar refractivity (Wildman–Crippen MR) is 65.8 cm³/mol. The molecule has 2 aliphatic rings. The lowest BCUT2D eigenvalue weighted by atomic mass is 9.70. The van der Waals surface area contributed by atoms with E-state index in [1.54, 1.807) is 17.1 Å². The van der Waals surface area contributed by atoms with Crippen molar-refractivity contribution in [2.24, 2.45) is 0 Å². The molecule has 2 heterocycles. The van der Waals surface area contributed by atoms with Gasteiger partial charge in [-0.05, 0) is 38.6 Å². The molecule has 3 rings (SSSR count). The number of carbonyl (C=O) groups is 1. The van der Waals surface area contributed by atoms with Gasteiger partial charge in [0.15, 0.2) is 0 Å². The molecular formula is C12H19N5O. The van der Waals surface area contributed by atoms with Crippen molar-refractivity contribution in [1.29, 1.82) is 0 Å². The molecule has 1 aliphatic carbocycles. The maximum atomic E-state index is 11.9. The highest BCUT2D eigenvalue weighted by Crippen LogP contribution is 2.38. The van der Waals surface area contributed by atoms with Gasteiger partial charge in [0.1, 0.15) is 6.54 Å². The van der Waals surface area contributed by atoms with Gasteiger partial charge in [-0.2, -0.15) is 0 Å². The number of amides is 1. The standard InChI is InChI=1S/C12H19N5O/c18-11(9-17-7-6-14-16-17)15-10-2-5-13-12(8-10)3-1-4-12/h6-7,10,13H,1-5,8-9H2,(H,15,18). The molecule has 2 fully saturated rings. The van der Waals surface area contributed by atoms with Gasteiger partial charge >= 0.3 is 0 Å². The molecule has 1 aromatic rings. The van der Waals surface area contributed by atoms with E-state index in [2.05, 4.69) is 20.9 Å². The number of nitrogens with zero attached hydrogens (tertiary/aromatic N) is 3. The van der Waals surface area contributed by atoms with Crippen molar-refractivity contribution in [2.45, 2.75) is 50.2 Å². The molecule has 6 nitrogen and oxygen atoms in total. The predicted octanol–water partition coefficient (Wildman–Crippen LogP) is 0.0690. The first-order valence-electron chi connectivity index (χ1n) is 6.64. The van der Waals surface area contributed by atoms with E-state index in [0.717, 1.165) is 19.4 Å². The Bertz CT molecular complexity index is 412. The molecule has 1 amide bonds. The van der Waals surface area contributed by atoms with Crippen LogP contribution in [0.15, 0.2) is 12.4 Å². The number of piperidine rings is 1. The highest BCUT2D eigenvalue weighted by Gasteiger charge is 2.41. The number of hydrogen-bond donors (Lipinski definition) is 2. The molecule has 2 N–H and O–H groups in total. The van der Waals surface area contributed by atoms with Crippen molar-refractivity contribution in [1.82, 2.24) is 25.6 Å². The lowest BCUT2D eigenvalue weighted by molar-refractivity contribution is -0.123. The van der Waals surface area contributed by atoms with Crippen LogP contribution in [0.1, 0.15) is 32.1 Å². The molecular weight excluding hydrogens is 230 g/mol. The van der Waals surface area contributed by atoms with E-state index in [0.29, 0.717) is 11.6 Å². The van der Waals surface area contributed by atoms with Gasteiger partial charge in [0.05, 0.1) is 6.20 Å². The second-order valence-electron chi connectivity index (χ2n) is 5.42. The van der Waals surface area contributed by atoms with E-state index in [1.165, 1.54) is 19.3 Å². The smallest absolute Gasteiger partial charge is 0.242 e. The lowest BCUT2D eigenvalue weighted by Gasteiger charge is -2.48. The van der Waals surface area contributed by atoms with Crippen LogP contribution in [0, 0.1) is 0 Å². The summed E-state index contributed by atoms with van der Waals surface area (Å²) in [5.74, 6) is 0.0295. The summed E-state index contributed by atoms with van der Waals surface area (Å²) in [6, 6.07) is 0.308. The second-order valence-corrected chi connectivity index (χ2v) is 5.42. The maximum Gasteiger partial charge on any atom is 0.242 e. The SMILES string of the molecule is O=C(Cn1ccnn1)NC1CCNC2(CCC2)C1. The highest BCUT2D eigenvalue weighted by molar-refractivity contribution is 5.75. The van der Waals surface area contributed by atoms with E-state index < -0.39 is 0 Å². The van der Waals surface area contributed by atoms with Crippen LogP contribution in [0.2, 0.25) is 0 Å². The summed E-state index contributed by atoms with van der Waals surface area (Å²) in [6.45, 7) is 1.27. The molecule has 1 aliphatic heterocycles. The van der Waals surface area contributed by atoms with Crippen LogP contribution in [0.3, 0.4) is 0 Å². The van der Waals surface area contributed by atoms with E-state index in [4.69, 9.17) is 0 Å². The molecule has 0 bridgehead atoms. The zero-order valence-electron chi connectivity index (χ0n) is 10.4. The van der Waals surface area contributed by atoms with Crippen LogP contribution < -0.4 is 10.6 Å². The highest BCUT2D eigenvalue weighted by atomic mass is 16.2. The summed E-state index contributed by atoms with van der Waals surface area (Å²) in [5, 5.41) is 14.2. The summed E-state index contributed by atoms with van der Waals surface area (Å²) in [5.41, 5.74) is 0.323. The maximum absolute atomic E-state index is 11.9. The number of aromatic nitrogens is 3. The molecule has 1 atom stereocenters. The number of hydrogen-bond acceptors (Lipinski definition) is 4. The fourth-order valence-corrected chi connectivity index (χ4v) is 3.00. The summed E-state index contributed by atoms with van der Waals surface area (Å²) in [6.07, 6.45) is 9.19. The van der Waals surface area contributed by atoms with E-state index in [-0.39, 0.29) is 12.5 Å². The van der Waals surface area contributed by atoms with Gasteiger partial charge in [-0.1, -0.05) is 5.21 Å². The largest absolute Gasteiger partial charge is 0.352 e. The number of carbonyl (C=O) groups excluding carboxylic acids is 1. The van der Waals surface area contributed by atoms with Crippen molar-refractivity contribution >= 4 is 5.91 Å². The van der Waals surface area contributed by atoms with Gasteiger partial charge in [0.2, 0.25) is 5.91 Å². The summed E-state index contributed by atoms with van der Waals surface area (Å²) in [7, 11) is 0. The third kappa shape index (κ3) is 2.38. The number of rotatable bonds is 3. The fourth-order valence-electron chi connectivity index (χ4n) is 3.00. The minimum Gasteiger partial charge on any atom is -0.352 e. The zero-order valence-corrected chi connectivity index (χ0v) is 10.4. The fraction of sp³-hybridized carbons (Fsp3) is 0.750. The quantitative estimate of drug-likeness (QED) is 0.795. The van der Waals surface area contributed by atoms with Gasteiger partial charge in [0, 0.05) is 17.8 Å². The second kappa shape index (κ2) is 4.68. The van der Waals surface area contributed by atoms with Crippen molar-refractivity contribution in [3.8, 4) is 0 Å². The third-order valence-corrected chi connectivity index (χ3v) is 4.08. The molecule has 1 unspecified atom stereocenters. The molecule has 98 valence electrons. The Balaban J connectivity index is 1.51. The van der Waals surface area contributed by atoms with Gasteiger partial charge in [0.25, 0.3) is 0 Å². The normalized spacial score (nSPS) is 25.7. The third-order valence-electron chi connectivity index (χ3n) is 4.08. The van der Waals surface area contributed by atoms with Crippen LogP contribution >= 0.6 is 0 Å². The van der Waals surface area contributed by atoms with Crippen LogP contribution in [0.25, 0.3) is 0 Å². The molecule has 0 radical (unpaired) electrons. The summed E-state index contributed by atoms with van der Waals surface area (Å²) in [4.78, 5) is 11.9. The Morgan fingerprint density at radius 2 is 2.44 bits per heavy atom. The van der Waals surface area contributed by atoms with Crippen LogP contribution in [0.4, 0.5) is 0 Å². The number of nitrogens with one attached hydrogen (secondary N) is 2. The molecule has 6 heteroatoms. The Kier molecular flexibility index (Phi) is 3.03. The average molecular weight is 249 g/mol. The Hall–Kier alpha value is -1.43. The van der Waals surface area contributed by atoms with Crippen molar-refractivity contribution in [2.75, 3.05) is 6.54 Å². The first kappa shape index (κ1) is 11.6. The van der Waals surface area contributed by atoms with E-state index >= 15 is 0 Å². The Labute approximate surface area is 106 Å². The first-order valence-corrected chi connectivity index (χ1v) is 6.64. The summed E-state index contributed by atoms with van der Waals surface area (Å²) >= 11 is 0. The molecule has 1 spiro atoms. The van der Waals surface area contributed by atoms with Crippen molar-refractivity contribution in [3.63, 3.8) is 0 Å². The van der Waals surface area contributed by atoms with Gasteiger partial charge < -0.3 is 10.6 Å². The van der Waals surface area contributed by atoms with Gasteiger partial charge in [-0.3, -0.25) is 4.79 Å². The molecule has 18 heavy (non-hydrogen) atoms. The minimum atomic E-state index is 0.0295. The van der Waals surface area contributed by atoms with Crippen LogP contribution in [-0.4, -0.2) is 39.0 Å². The monoisotopic (exact) mass is 249 g/mol. The lowest BCUT2D eigenvalue weighted by Crippen LogP contribution is -2.59. The topological polar surface area (TPSA) is 71.8 Å². The van der Waals surface area contributed by atoms with Crippen molar-refractivity contribution in [3.05, 3.63) is 12.4 Å². The van der Waals surface area contributed by atoms with Crippen LogP contribution in [-0.2, 0) is 11.3 Å². The van der Waals surface area contributed by atoms with Crippen LogP contribution in [0.5, 0.6) is 0 Å². The minimum absolute atomic E-state index is 0.0295. The van der Waals surface area contributed by atoms with Crippen molar-refractivity contribution < 1.29 is 4.79 Å². The van der Waals surface area contributed by atoms with E-state index in [1.807, 2.05) is 0 Å².